The zero-order valence-corrected chi connectivity index (χ0v) is 6.33. The molecule has 1 rings (SSSR count). The molecule has 0 aliphatic heterocycles. The highest BCUT2D eigenvalue weighted by Gasteiger charge is 1.78. The average Bonchev–Trinajstić information content (AvgIpc) is 1.91. The van der Waals surface area contributed by atoms with Crippen LogP contribution in [0.2, 0.25) is 0 Å². The first-order chi connectivity index (χ1) is 4.81. The third kappa shape index (κ3) is 5.25. The number of hydrogen-bond acceptors (Lipinski definition) is 1. The predicted molar refractivity (Wildman–Crippen MR) is 42.0 cm³/mol. The predicted octanol–water partition coefficient (Wildman–Crippen LogP) is 0.290. The summed E-state index contributed by atoms with van der Waals surface area (Å²) in [5, 5.41) is 0. The lowest BCUT2D eigenvalue weighted by Crippen LogP contribution is -2.25. The maximum absolute atomic E-state index is 4.74. The third-order valence-corrected chi connectivity index (χ3v) is 0.865. The molecule has 56 valence electrons. The van der Waals surface area contributed by atoms with Crippen LogP contribution in [0.3, 0.4) is 0 Å². The highest BCUT2D eigenvalue weighted by molar-refractivity contribution is 4.83. The fraction of sp³-hybridized carbons (Fsp3) is 0.250. The molecule has 0 saturated carbocycles. The van der Waals surface area contributed by atoms with Gasteiger partial charge in [0.2, 0.25) is 0 Å². The van der Waals surface area contributed by atoms with Gasteiger partial charge in [-0.25, -0.2) is 4.57 Å². The van der Waals surface area contributed by atoms with Crippen molar-refractivity contribution in [3.63, 3.8) is 0 Å². The number of hydrogen-bond donors (Lipinski definition) is 1. The van der Waals surface area contributed by atoms with E-state index < -0.39 is 0 Å². The molecule has 2 nitrogen and oxygen atoms in total. The molecule has 0 fully saturated rings. The van der Waals surface area contributed by atoms with Crippen LogP contribution in [0.5, 0.6) is 0 Å². The highest BCUT2D eigenvalue weighted by atomic mass is 14.9. The lowest BCUT2D eigenvalue weighted by molar-refractivity contribution is -0.671. The van der Waals surface area contributed by atoms with Gasteiger partial charge in [-0.1, -0.05) is 6.07 Å². The molecule has 0 spiro atoms. The van der Waals surface area contributed by atoms with Gasteiger partial charge in [-0.05, 0) is 0 Å². The molecule has 0 saturated heterocycles. The van der Waals surface area contributed by atoms with E-state index in [0.29, 0.717) is 6.54 Å². The van der Waals surface area contributed by atoms with Gasteiger partial charge < -0.3 is 12.7 Å². The SMILES string of the molecule is C[n+]1ccccc1.[CH2-]CN. The van der Waals surface area contributed by atoms with Gasteiger partial charge in [0.1, 0.15) is 7.05 Å². The molecule has 1 aromatic rings. The van der Waals surface area contributed by atoms with E-state index in [1.165, 1.54) is 0 Å². The number of aromatic nitrogens is 1. The Kier molecular flexibility index (Phi) is 5.68. The molecule has 0 atom stereocenters. The second-order valence-electron chi connectivity index (χ2n) is 1.83. The topological polar surface area (TPSA) is 29.9 Å². The molecule has 0 aliphatic rings. The molecule has 0 bridgehead atoms. The molecule has 1 aromatic heterocycles. The van der Waals surface area contributed by atoms with Crippen LogP contribution in [0.15, 0.2) is 30.6 Å². The maximum Gasteiger partial charge on any atom is 0.168 e. The summed E-state index contributed by atoms with van der Waals surface area (Å²) in [6.07, 6.45) is 4.00. The molecule has 0 aliphatic carbocycles. The molecule has 0 radical (unpaired) electrons. The summed E-state index contributed by atoms with van der Waals surface area (Å²) in [7, 11) is 2.00. The van der Waals surface area contributed by atoms with Crippen molar-refractivity contribution in [1.82, 2.24) is 0 Å². The van der Waals surface area contributed by atoms with E-state index in [0.717, 1.165) is 0 Å². The largest absolute Gasteiger partial charge is 0.360 e. The van der Waals surface area contributed by atoms with E-state index in [1.54, 1.807) is 0 Å². The Hall–Kier alpha value is -0.890. The molecule has 1 heterocycles. The first-order valence-corrected chi connectivity index (χ1v) is 3.21. The van der Waals surface area contributed by atoms with Crippen molar-refractivity contribution < 1.29 is 4.57 Å². The summed E-state index contributed by atoms with van der Waals surface area (Å²) in [5.74, 6) is 0. The number of aryl methyl sites for hydroxylation is 1. The monoisotopic (exact) mass is 138 g/mol. The first kappa shape index (κ1) is 9.11. The van der Waals surface area contributed by atoms with Gasteiger partial charge in [-0.2, -0.15) is 0 Å². The molecule has 2 heteroatoms. The summed E-state index contributed by atoms with van der Waals surface area (Å²) in [6.45, 7) is 3.76. The lowest BCUT2D eigenvalue weighted by atomic mass is 10.5. The Balaban J connectivity index is 0.000000236. The van der Waals surface area contributed by atoms with E-state index in [1.807, 2.05) is 42.2 Å². The standard InChI is InChI=1S/C6H8N.C2H6N/c1-7-5-3-2-4-6-7;1-2-3/h2-6H,1H3;1-3H2/q+1;-1. The van der Waals surface area contributed by atoms with Gasteiger partial charge in [0.15, 0.2) is 12.4 Å². The lowest BCUT2D eigenvalue weighted by Gasteiger charge is -1.77. The van der Waals surface area contributed by atoms with Crippen LogP contribution in [-0.2, 0) is 7.05 Å². The molecule has 0 amide bonds. The van der Waals surface area contributed by atoms with Crippen LogP contribution >= 0.6 is 0 Å². The smallest absolute Gasteiger partial charge is 0.168 e. The van der Waals surface area contributed by atoms with Crippen LogP contribution in [0.1, 0.15) is 0 Å². The fourth-order valence-electron chi connectivity index (χ4n) is 0.485. The second kappa shape index (κ2) is 6.23. The van der Waals surface area contributed by atoms with Gasteiger partial charge in [0.05, 0.1) is 0 Å². The number of rotatable bonds is 0. The first-order valence-electron chi connectivity index (χ1n) is 3.21. The van der Waals surface area contributed by atoms with Gasteiger partial charge in [-0.15, -0.1) is 6.54 Å². The summed E-state index contributed by atoms with van der Waals surface area (Å²) in [4.78, 5) is 0. The van der Waals surface area contributed by atoms with Crippen molar-refractivity contribution in [1.29, 1.82) is 0 Å². The van der Waals surface area contributed by atoms with E-state index in [2.05, 4.69) is 6.92 Å². The summed E-state index contributed by atoms with van der Waals surface area (Å²) >= 11 is 0. The van der Waals surface area contributed by atoms with Crippen LogP contribution in [0.4, 0.5) is 0 Å². The van der Waals surface area contributed by atoms with Crippen molar-refractivity contribution in [2.24, 2.45) is 12.8 Å². The van der Waals surface area contributed by atoms with Crippen molar-refractivity contribution in [3.05, 3.63) is 37.5 Å². The molecular weight excluding hydrogens is 124 g/mol. The minimum Gasteiger partial charge on any atom is -0.360 e. The second-order valence-corrected chi connectivity index (χ2v) is 1.83. The number of pyridine rings is 1. The normalized spacial score (nSPS) is 7.90. The van der Waals surface area contributed by atoms with Gasteiger partial charge >= 0.3 is 0 Å². The Labute approximate surface area is 62.3 Å². The van der Waals surface area contributed by atoms with Crippen molar-refractivity contribution in [2.45, 2.75) is 0 Å². The number of nitrogens with zero attached hydrogens (tertiary/aromatic N) is 1. The molecule has 2 N–H and O–H groups in total. The Bertz CT molecular complexity index is 149. The van der Waals surface area contributed by atoms with E-state index in [4.69, 9.17) is 5.73 Å². The Morgan fingerprint density at radius 3 is 1.90 bits per heavy atom. The van der Waals surface area contributed by atoms with E-state index >= 15 is 0 Å². The van der Waals surface area contributed by atoms with Crippen LogP contribution in [0.25, 0.3) is 0 Å². The molecule has 10 heavy (non-hydrogen) atoms. The highest BCUT2D eigenvalue weighted by Crippen LogP contribution is 1.71. The van der Waals surface area contributed by atoms with Crippen molar-refractivity contribution >= 4 is 0 Å². The fourth-order valence-corrected chi connectivity index (χ4v) is 0.485. The maximum atomic E-state index is 4.74. The average molecular weight is 138 g/mol. The summed E-state index contributed by atoms with van der Waals surface area (Å²) in [5.41, 5.74) is 4.74. The summed E-state index contributed by atoms with van der Waals surface area (Å²) in [6, 6.07) is 6.00. The Morgan fingerprint density at radius 1 is 1.30 bits per heavy atom. The van der Waals surface area contributed by atoms with Gasteiger partial charge in [-0.3, -0.25) is 0 Å². The Morgan fingerprint density at radius 2 is 1.70 bits per heavy atom. The van der Waals surface area contributed by atoms with Crippen molar-refractivity contribution in [3.8, 4) is 0 Å². The molecule has 0 unspecified atom stereocenters. The zero-order valence-electron chi connectivity index (χ0n) is 6.33. The minimum atomic E-state index is 0.500. The van der Waals surface area contributed by atoms with Crippen LogP contribution in [-0.4, -0.2) is 6.54 Å². The van der Waals surface area contributed by atoms with Gasteiger partial charge in [0.25, 0.3) is 0 Å². The van der Waals surface area contributed by atoms with Crippen LogP contribution < -0.4 is 10.3 Å². The molecule has 0 aromatic carbocycles. The van der Waals surface area contributed by atoms with Crippen molar-refractivity contribution in [2.75, 3.05) is 6.54 Å². The molecular formula is C8H14N2. The third-order valence-electron chi connectivity index (χ3n) is 0.865. The quantitative estimate of drug-likeness (QED) is 0.405. The zero-order chi connectivity index (χ0) is 7.82. The number of nitrogens with two attached hydrogens (primary N) is 1. The van der Waals surface area contributed by atoms with Crippen LogP contribution in [0, 0.1) is 6.92 Å². The van der Waals surface area contributed by atoms with E-state index in [-0.39, 0.29) is 0 Å². The van der Waals surface area contributed by atoms with E-state index in [9.17, 15) is 0 Å². The minimum absolute atomic E-state index is 0.500. The van der Waals surface area contributed by atoms with Gasteiger partial charge in [0, 0.05) is 12.1 Å². The summed E-state index contributed by atoms with van der Waals surface area (Å²) < 4.78 is 2.00.